The van der Waals surface area contributed by atoms with E-state index in [9.17, 15) is 39.9 Å². The van der Waals surface area contributed by atoms with Crippen molar-refractivity contribution in [2.45, 2.75) is 82.6 Å². The van der Waals surface area contributed by atoms with Crippen molar-refractivity contribution >= 4 is 24.0 Å². The highest BCUT2D eigenvalue weighted by Gasteiger charge is 2.57. The van der Waals surface area contributed by atoms with Crippen molar-refractivity contribution in [1.29, 1.82) is 0 Å². The van der Waals surface area contributed by atoms with Crippen LogP contribution in [-0.4, -0.2) is 106 Å². The standard InChI is InChI=1S/C32H42O14/c1-17(2)12-25(37)46-30-26-22(10-11-32(26,40)16-43-18(3)34)20(14-41-30)15-42-31-29(28(39)27(38)23(13-33)44-31)45-24(36)9-6-19-4-7-21(35)8-5-19/h4-9,14,17,22-23,26-31,33,35,38-40H,10-13,15-16H2,1-3H3/b9-6+/t22-,23-,26-,27-,28+,29-,30+,31-,32+/m1/s1. The maximum absolute atomic E-state index is 12.7. The molecule has 2 heterocycles. The summed E-state index contributed by atoms with van der Waals surface area (Å²) in [6.07, 6.45) is -4.07. The van der Waals surface area contributed by atoms with Crippen LogP contribution in [0.3, 0.4) is 0 Å². The summed E-state index contributed by atoms with van der Waals surface area (Å²) in [5.41, 5.74) is -0.480. The number of fused-ring (bicyclic) bond motifs is 1. The van der Waals surface area contributed by atoms with Gasteiger partial charge in [-0.3, -0.25) is 9.59 Å². The molecule has 9 atom stereocenters. The molecule has 0 spiro atoms. The third-order valence-electron chi connectivity index (χ3n) is 8.21. The first-order chi connectivity index (χ1) is 21.8. The van der Waals surface area contributed by atoms with Crippen LogP contribution in [-0.2, 0) is 42.8 Å². The number of esters is 3. The monoisotopic (exact) mass is 650 g/mol. The zero-order valence-corrected chi connectivity index (χ0v) is 25.9. The lowest BCUT2D eigenvalue weighted by molar-refractivity contribution is -0.302. The zero-order valence-electron chi connectivity index (χ0n) is 25.9. The fraction of sp³-hybridized carbons (Fsp3) is 0.594. The Bertz CT molecular complexity index is 1280. The van der Waals surface area contributed by atoms with E-state index in [2.05, 4.69) is 0 Å². The summed E-state index contributed by atoms with van der Waals surface area (Å²) < 4.78 is 33.6. The molecule has 4 rings (SSSR count). The SMILES string of the molecule is CC(=O)OC[C@@]1(O)CC[C@@H]2C(CO[C@@H]3O[C@H](CO)[C@@H](O)[C@H](O)[C@H]3OC(=O)/C=C/c3ccc(O)cc3)=CO[C@@H](OC(=O)CC(C)C)[C@@H]21. The van der Waals surface area contributed by atoms with Crippen molar-refractivity contribution in [3.8, 4) is 5.75 Å². The molecule has 14 heteroatoms. The third-order valence-corrected chi connectivity index (χ3v) is 8.21. The van der Waals surface area contributed by atoms with Gasteiger partial charge in [0.25, 0.3) is 0 Å². The lowest BCUT2D eigenvalue weighted by Crippen LogP contribution is -2.60. The van der Waals surface area contributed by atoms with Gasteiger partial charge in [-0.2, -0.15) is 0 Å². The van der Waals surface area contributed by atoms with Crippen LogP contribution in [0.4, 0.5) is 0 Å². The number of phenols is 1. The number of benzene rings is 1. The minimum Gasteiger partial charge on any atom is -0.508 e. The second-order valence-electron chi connectivity index (χ2n) is 12.2. The Morgan fingerprint density at radius 1 is 1.09 bits per heavy atom. The van der Waals surface area contributed by atoms with Gasteiger partial charge in [0.2, 0.25) is 6.29 Å². The van der Waals surface area contributed by atoms with Gasteiger partial charge in [0, 0.05) is 19.4 Å². The Morgan fingerprint density at radius 2 is 1.80 bits per heavy atom. The van der Waals surface area contributed by atoms with Gasteiger partial charge in [0.15, 0.2) is 12.4 Å². The van der Waals surface area contributed by atoms with Gasteiger partial charge in [-0.1, -0.05) is 26.0 Å². The van der Waals surface area contributed by atoms with Gasteiger partial charge < -0.3 is 54.0 Å². The van der Waals surface area contributed by atoms with Crippen molar-refractivity contribution in [2.75, 3.05) is 19.8 Å². The molecular formula is C32H42O14. The Labute approximate surface area is 266 Å². The Balaban J connectivity index is 1.50. The second kappa shape index (κ2) is 15.4. The van der Waals surface area contributed by atoms with E-state index in [-0.39, 0.29) is 37.7 Å². The van der Waals surface area contributed by atoms with Crippen LogP contribution in [0.1, 0.15) is 45.6 Å². The largest absolute Gasteiger partial charge is 0.508 e. The molecule has 5 N–H and O–H groups in total. The molecule has 1 aliphatic carbocycles. The zero-order chi connectivity index (χ0) is 33.6. The van der Waals surface area contributed by atoms with Crippen LogP contribution in [0.15, 0.2) is 42.2 Å². The van der Waals surface area contributed by atoms with Crippen LogP contribution in [0.25, 0.3) is 6.08 Å². The van der Waals surface area contributed by atoms with E-state index >= 15 is 0 Å². The summed E-state index contributed by atoms with van der Waals surface area (Å²) in [7, 11) is 0. The molecule has 3 aliphatic rings. The van der Waals surface area contributed by atoms with Gasteiger partial charge in [-0.05, 0) is 54.0 Å². The highest BCUT2D eigenvalue weighted by atomic mass is 16.7. The van der Waals surface area contributed by atoms with E-state index in [0.29, 0.717) is 17.6 Å². The lowest BCUT2D eigenvalue weighted by atomic mass is 9.81. The normalized spacial score (nSPS) is 32.4. The third kappa shape index (κ3) is 8.63. The maximum Gasteiger partial charge on any atom is 0.331 e. The summed E-state index contributed by atoms with van der Waals surface area (Å²) in [5, 5.41) is 52.0. The van der Waals surface area contributed by atoms with Gasteiger partial charge in [-0.15, -0.1) is 0 Å². The van der Waals surface area contributed by atoms with Crippen molar-refractivity contribution in [1.82, 2.24) is 0 Å². The number of aliphatic hydroxyl groups is 4. The fourth-order valence-corrected chi connectivity index (χ4v) is 5.88. The molecule has 0 radical (unpaired) electrons. The predicted molar refractivity (Wildman–Crippen MR) is 157 cm³/mol. The quantitative estimate of drug-likeness (QED) is 0.121. The second-order valence-corrected chi connectivity index (χ2v) is 12.2. The topological polar surface area (TPSA) is 208 Å². The Hall–Kier alpha value is -3.53. The average molecular weight is 651 g/mol. The van der Waals surface area contributed by atoms with Crippen LogP contribution < -0.4 is 0 Å². The van der Waals surface area contributed by atoms with E-state index in [0.717, 1.165) is 6.08 Å². The number of hydrogen-bond acceptors (Lipinski definition) is 14. The minimum absolute atomic E-state index is 0.0207. The number of rotatable bonds is 12. The number of carbonyl (C=O) groups is 3. The minimum atomic E-state index is -1.68. The molecule has 254 valence electrons. The van der Waals surface area contributed by atoms with E-state index in [1.165, 1.54) is 31.4 Å². The molecule has 2 aliphatic heterocycles. The molecule has 14 nitrogen and oxygen atoms in total. The van der Waals surface area contributed by atoms with Gasteiger partial charge >= 0.3 is 17.9 Å². The highest BCUT2D eigenvalue weighted by molar-refractivity contribution is 5.87. The molecule has 46 heavy (non-hydrogen) atoms. The molecule has 0 bridgehead atoms. The summed E-state index contributed by atoms with van der Waals surface area (Å²) in [5.74, 6) is -3.20. The van der Waals surface area contributed by atoms with Crippen molar-refractivity contribution < 1.29 is 68.3 Å². The van der Waals surface area contributed by atoms with Crippen molar-refractivity contribution in [3.63, 3.8) is 0 Å². The number of phenolic OH excluding ortho intramolecular Hbond substituents is 1. The van der Waals surface area contributed by atoms with Gasteiger partial charge in [-0.25, -0.2) is 4.79 Å². The first kappa shape index (κ1) is 35.3. The van der Waals surface area contributed by atoms with Gasteiger partial charge in [0.05, 0.1) is 25.4 Å². The van der Waals surface area contributed by atoms with Crippen LogP contribution in [0.5, 0.6) is 5.75 Å². The molecule has 1 saturated carbocycles. The number of hydrogen-bond donors (Lipinski definition) is 5. The van der Waals surface area contributed by atoms with E-state index in [4.69, 9.17) is 28.4 Å². The van der Waals surface area contributed by atoms with Crippen LogP contribution >= 0.6 is 0 Å². The Morgan fingerprint density at radius 3 is 2.46 bits per heavy atom. The molecule has 0 amide bonds. The summed E-state index contributed by atoms with van der Waals surface area (Å²) in [6.45, 7) is 3.70. The molecule has 0 aromatic heterocycles. The van der Waals surface area contributed by atoms with E-state index < -0.39 is 78.9 Å². The number of aromatic hydroxyl groups is 1. The summed E-state index contributed by atoms with van der Waals surface area (Å²) in [6, 6.07) is 6.01. The number of aliphatic hydroxyl groups excluding tert-OH is 3. The first-order valence-electron chi connectivity index (χ1n) is 15.1. The molecule has 1 aromatic rings. The van der Waals surface area contributed by atoms with Gasteiger partial charge in [0.1, 0.15) is 36.3 Å². The van der Waals surface area contributed by atoms with Crippen molar-refractivity contribution in [3.05, 3.63) is 47.7 Å². The molecule has 1 aromatic carbocycles. The molecular weight excluding hydrogens is 608 g/mol. The van der Waals surface area contributed by atoms with Crippen LogP contribution in [0.2, 0.25) is 0 Å². The predicted octanol–water partition coefficient (Wildman–Crippen LogP) is 0.923. The molecule has 0 unspecified atom stereocenters. The Kier molecular flexibility index (Phi) is 11.8. The van der Waals surface area contributed by atoms with Crippen molar-refractivity contribution in [2.24, 2.45) is 17.8 Å². The van der Waals surface area contributed by atoms with E-state index in [1.54, 1.807) is 12.1 Å². The molecule has 1 saturated heterocycles. The highest BCUT2D eigenvalue weighted by Crippen LogP contribution is 2.49. The molecule has 2 fully saturated rings. The lowest BCUT2D eigenvalue weighted by Gasteiger charge is -2.42. The number of ether oxygens (including phenoxy) is 6. The smallest absolute Gasteiger partial charge is 0.331 e. The summed E-state index contributed by atoms with van der Waals surface area (Å²) in [4.78, 5) is 36.8. The fourth-order valence-electron chi connectivity index (χ4n) is 5.88. The summed E-state index contributed by atoms with van der Waals surface area (Å²) >= 11 is 0. The maximum atomic E-state index is 12.7. The van der Waals surface area contributed by atoms with Crippen LogP contribution in [0, 0.1) is 17.8 Å². The number of carbonyl (C=O) groups excluding carboxylic acids is 3. The van der Waals surface area contributed by atoms with E-state index in [1.807, 2.05) is 13.8 Å². The first-order valence-corrected chi connectivity index (χ1v) is 15.1. The average Bonchev–Trinajstić information content (AvgIpc) is 3.36.